The Bertz CT molecular complexity index is 569. The van der Waals surface area contributed by atoms with Crippen LogP contribution in [0.4, 0.5) is 0 Å². The molecule has 112 valence electrons. The van der Waals surface area contributed by atoms with Gasteiger partial charge in [0, 0.05) is 0 Å². The molecule has 1 aliphatic rings. The molecule has 1 amide bonds. The normalized spacial score (nSPS) is 25.0. The number of phenolic OH excluding ortho intramolecular Hbond substituents is 2. The molecule has 1 fully saturated rings. The first kappa shape index (κ1) is 15.2. The van der Waals surface area contributed by atoms with Crippen molar-refractivity contribution in [3.05, 3.63) is 23.8 Å². The van der Waals surface area contributed by atoms with E-state index in [0.29, 0.717) is 18.8 Å². The van der Waals surface area contributed by atoms with Crippen LogP contribution < -0.4 is 5.32 Å². The molecule has 0 bridgehead atoms. The first-order valence-electron chi connectivity index (χ1n) is 7.26. The minimum absolute atomic E-state index is 0.0118. The lowest BCUT2D eigenvalue weighted by molar-refractivity contribution is 0.0888. The second-order valence-electron chi connectivity index (χ2n) is 5.67. The molecule has 1 saturated carbocycles. The summed E-state index contributed by atoms with van der Waals surface area (Å²) in [6.07, 6.45) is 4.15. The number of nitrogens with zero attached hydrogens (tertiary/aromatic N) is 1. The second-order valence-corrected chi connectivity index (χ2v) is 5.67. The summed E-state index contributed by atoms with van der Waals surface area (Å²) in [6.45, 7) is 2.13. The lowest BCUT2D eigenvalue weighted by Gasteiger charge is -2.35. The zero-order chi connectivity index (χ0) is 15.5. The summed E-state index contributed by atoms with van der Waals surface area (Å²) in [7, 11) is 0. The summed E-state index contributed by atoms with van der Waals surface area (Å²) in [6, 6.07) is 6.43. The summed E-state index contributed by atoms with van der Waals surface area (Å²) in [5.74, 6) is -0.717. The topological polar surface area (TPSA) is 93.4 Å². The highest BCUT2D eigenvalue weighted by Gasteiger charge is 2.37. The average molecular weight is 288 g/mol. The minimum Gasteiger partial charge on any atom is -0.504 e. The largest absolute Gasteiger partial charge is 0.504 e. The van der Waals surface area contributed by atoms with Crippen molar-refractivity contribution in [2.75, 3.05) is 0 Å². The molecule has 0 spiro atoms. The Morgan fingerprint density at radius 3 is 2.67 bits per heavy atom. The molecule has 0 heterocycles. The van der Waals surface area contributed by atoms with Gasteiger partial charge in [-0.05, 0) is 43.7 Å². The van der Waals surface area contributed by atoms with Crippen LogP contribution in [0.25, 0.3) is 0 Å². The molecule has 0 unspecified atom stereocenters. The maximum absolute atomic E-state index is 12.3. The number of para-hydroxylation sites is 1. The Kier molecular flexibility index (Phi) is 4.37. The fraction of sp³-hybridized carbons (Fsp3) is 0.500. The molecule has 3 N–H and O–H groups in total. The number of carbonyl (C=O) groups excluding carboxylic acids is 1. The highest BCUT2D eigenvalue weighted by Crippen LogP contribution is 2.34. The zero-order valence-electron chi connectivity index (χ0n) is 12.1. The number of nitriles is 1. The maximum Gasteiger partial charge on any atom is 0.256 e. The molecule has 5 heteroatoms. The number of amides is 1. The van der Waals surface area contributed by atoms with E-state index < -0.39 is 17.2 Å². The van der Waals surface area contributed by atoms with Crippen LogP contribution in [0, 0.1) is 17.2 Å². The average Bonchev–Trinajstić information content (AvgIpc) is 2.50. The molecular weight excluding hydrogens is 268 g/mol. The molecule has 1 aliphatic carbocycles. The third-order valence-electron chi connectivity index (χ3n) is 4.36. The van der Waals surface area contributed by atoms with Crippen LogP contribution in [0.1, 0.15) is 49.4 Å². The van der Waals surface area contributed by atoms with Gasteiger partial charge in [0.15, 0.2) is 11.5 Å². The first-order chi connectivity index (χ1) is 10.0. The van der Waals surface area contributed by atoms with E-state index in [4.69, 9.17) is 0 Å². The van der Waals surface area contributed by atoms with Gasteiger partial charge < -0.3 is 15.5 Å². The van der Waals surface area contributed by atoms with Crippen molar-refractivity contribution < 1.29 is 15.0 Å². The van der Waals surface area contributed by atoms with Gasteiger partial charge in [-0.2, -0.15) is 5.26 Å². The van der Waals surface area contributed by atoms with E-state index in [0.717, 1.165) is 19.3 Å². The smallest absolute Gasteiger partial charge is 0.256 e. The Labute approximate surface area is 124 Å². The Morgan fingerprint density at radius 2 is 2.10 bits per heavy atom. The molecule has 0 aromatic heterocycles. The molecule has 1 aromatic rings. The fourth-order valence-corrected chi connectivity index (χ4v) is 2.84. The van der Waals surface area contributed by atoms with E-state index in [1.54, 1.807) is 0 Å². The van der Waals surface area contributed by atoms with Crippen LogP contribution in [0.3, 0.4) is 0 Å². The Hall–Kier alpha value is -2.22. The van der Waals surface area contributed by atoms with Crippen molar-refractivity contribution in [1.29, 1.82) is 5.26 Å². The predicted molar refractivity (Wildman–Crippen MR) is 77.8 cm³/mol. The first-order valence-corrected chi connectivity index (χ1v) is 7.26. The number of carbonyl (C=O) groups is 1. The molecule has 0 saturated heterocycles. The van der Waals surface area contributed by atoms with E-state index >= 15 is 0 Å². The molecule has 0 atom stereocenters. The van der Waals surface area contributed by atoms with Crippen LogP contribution >= 0.6 is 0 Å². The van der Waals surface area contributed by atoms with Crippen molar-refractivity contribution in [2.24, 2.45) is 5.92 Å². The van der Waals surface area contributed by atoms with Gasteiger partial charge in [-0.25, -0.2) is 0 Å². The quantitative estimate of drug-likeness (QED) is 0.745. The molecule has 0 radical (unpaired) electrons. The second kappa shape index (κ2) is 6.04. The Morgan fingerprint density at radius 1 is 1.43 bits per heavy atom. The summed E-state index contributed by atoms with van der Waals surface area (Å²) >= 11 is 0. The summed E-state index contributed by atoms with van der Waals surface area (Å²) in [5.41, 5.74) is -0.886. The van der Waals surface area contributed by atoms with Crippen LogP contribution in [0.5, 0.6) is 11.5 Å². The van der Waals surface area contributed by atoms with Gasteiger partial charge in [-0.1, -0.05) is 19.4 Å². The van der Waals surface area contributed by atoms with Gasteiger partial charge in [-0.3, -0.25) is 4.79 Å². The van der Waals surface area contributed by atoms with Crippen molar-refractivity contribution >= 4 is 5.91 Å². The van der Waals surface area contributed by atoms with Crippen LogP contribution in [-0.2, 0) is 0 Å². The van der Waals surface area contributed by atoms with Crippen LogP contribution in [-0.4, -0.2) is 21.7 Å². The zero-order valence-corrected chi connectivity index (χ0v) is 12.1. The minimum atomic E-state index is -0.874. The van der Waals surface area contributed by atoms with E-state index in [9.17, 15) is 20.3 Å². The predicted octanol–water partition coefficient (Wildman–Crippen LogP) is 2.69. The fourth-order valence-electron chi connectivity index (χ4n) is 2.84. The third-order valence-corrected chi connectivity index (χ3v) is 4.36. The maximum atomic E-state index is 12.3. The van der Waals surface area contributed by atoms with Crippen molar-refractivity contribution in [1.82, 2.24) is 5.32 Å². The van der Waals surface area contributed by atoms with E-state index in [1.807, 2.05) is 0 Å². The molecule has 5 nitrogen and oxygen atoms in total. The SMILES string of the molecule is CCC1CCC(C#N)(NC(=O)c2cccc(O)c2O)CC1. The molecule has 2 rings (SSSR count). The lowest BCUT2D eigenvalue weighted by Crippen LogP contribution is -2.49. The summed E-state index contributed by atoms with van der Waals surface area (Å²) in [4.78, 5) is 12.3. The van der Waals surface area contributed by atoms with Gasteiger partial charge in [0.25, 0.3) is 5.91 Å². The van der Waals surface area contributed by atoms with Crippen molar-refractivity contribution in [3.63, 3.8) is 0 Å². The van der Waals surface area contributed by atoms with Gasteiger partial charge in [0.05, 0.1) is 11.6 Å². The monoisotopic (exact) mass is 288 g/mol. The summed E-state index contributed by atoms with van der Waals surface area (Å²) < 4.78 is 0. The van der Waals surface area contributed by atoms with E-state index in [-0.39, 0.29) is 11.3 Å². The number of hydrogen-bond donors (Lipinski definition) is 3. The van der Waals surface area contributed by atoms with E-state index in [1.165, 1.54) is 18.2 Å². The van der Waals surface area contributed by atoms with Gasteiger partial charge >= 0.3 is 0 Å². The number of nitrogens with one attached hydrogen (secondary N) is 1. The standard InChI is InChI=1S/C16H20N2O3/c1-2-11-6-8-16(10-17,9-7-11)18-15(21)12-4-3-5-13(19)14(12)20/h3-5,11,19-20H,2,6-9H2,1H3,(H,18,21). The molecule has 0 aliphatic heterocycles. The van der Waals surface area contributed by atoms with Gasteiger partial charge in [0.2, 0.25) is 0 Å². The number of aromatic hydroxyl groups is 2. The van der Waals surface area contributed by atoms with Gasteiger partial charge in [0.1, 0.15) is 5.54 Å². The Balaban J connectivity index is 2.14. The lowest BCUT2D eigenvalue weighted by atomic mass is 9.76. The molecular formula is C16H20N2O3. The van der Waals surface area contributed by atoms with Crippen molar-refractivity contribution in [2.45, 2.75) is 44.6 Å². The molecule has 21 heavy (non-hydrogen) atoms. The third kappa shape index (κ3) is 3.10. The van der Waals surface area contributed by atoms with Crippen LogP contribution in [0.2, 0.25) is 0 Å². The van der Waals surface area contributed by atoms with Crippen molar-refractivity contribution in [3.8, 4) is 17.6 Å². The number of phenols is 2. The number of rotatable bonds is 3. The highest BCUT2D eigenvalue weighted by atomic mass is 16.3. The van der Waals surface area contributed by atoms with E-state index in [2.05, 4.69) is 18.3 Å². The highest BCUT2D eigenvalue weighted by molar-refractivity contribution is 5.98. The number of hydrogen-bond acceptors (Lipinski definition) is 4. The van der Waals surface area contributed by atoms with Gasteiger partial charge in [-0.15, -0.1) is 0 Å². The molecule has 1 aromatic carbocycles. The summed E-state index contributed by atoms with van der Waals surface area (Å²) in [5, 5.41) is 31.4. The number of benzene rings is 1. The van der Waals surface area contributed by atoms with Crippen LogP contribution in [0.15, 0.2) is 18.2 Å².